The number of para-hydroxylation sites is 1. The van der Waals surface area contributed by atoms with Gasteiger partial charge in [-0.3, -0.25) is 9.10 Å². The molecule has 0 aliphatic carbocycles. The smallest absolute Gasteiger partial charge is 0.341 e. The van der Waals surface area contributed by atoms with Crippen LogP contribution in [0.4, 0.5) is 5.69 Å². The minimum absolute atomic E-state index is 0.151. The summed E-state index contributed by atoms with van der Waals surface area (Å²) in [6.45, 7) is -0.0532. The molecule has 0 amide bonds. The fourth-order valence-electron chi connectivity index (χ4n) is 3.37. The molecule has 158 valence electrons. The van der Waals surface area contributed by atoms with Gasteiger partial charge in [-0.25, -0.2) is 13.2 Å². The van der Waals surface area contributed by atoms with Gasteiger partial charge in [0.25, 0.3) is 0 Å². The highest BCUT2D eigenvalue weighted by atomic mass is 32.2. The molecule has 0 atom stereocenters. The van der Waals surface area contributed by atoms with Crippen LogP contribution < -0.4 is 9.73 Å². The number of hydrogen-bond donors (Lipinski definition) is 2. The molecular formula is C21H22N2O6S. The van der Waals surface area contributed by atoms with E-state index in [1.165, 1.54) is 22.1 Å². The summed E-state index contributed by atoms with van der Waals surface area (Å²) >= 11 is 0. The second-order valence-corrected chi connectivity index (χ2v) is 9.00. The van der Waals surface area contributed by atoms with E-state index in [4.69, 9.17) is 0 Å². The largest absolute Gasteiger partial charge is 0.477 e. The summed E-state index contributed by atoms with van der Waals surface area (Å²) in [5, 5.41) is 18.9. The SMILES string of the molecule is CN(c1ccccc1Cc1ccc2c(c1)c(=O)c(C(=O)O)cn2CCO)S(C)(=O)=O. The van der Waals surface area contributed by atoms with Crippen molar-refractivity contribution in [2.24, 2.45) is 0 Å². The molecule has 9 heteroatoms. The minimum Gasteiger partial charge on any atom is -0.477 e. The molecule has 3 rings (SSSR count). The number of nitrogens with zero attached hydrogens (tertiary/aromatic N) is 2. The zero-order valence-electron chi connectivity index (χ0n) is 16.6. The Labute approximate surface area is 173 Å². The monoisotopic (exact) mass is 430 g/mol. The fourth-order valence-corrected chi connectivity index (χ4v) is 3.90. The molecule has 0 spiro atoms. The van der Waals surface area contributed by atoms with Crippen molar-refractivity contribution in [1.29, 1.82) is 0 Å². The van der Waals surface area contributed by atoms with Crippen molar-refractivity contribution in [3.05, 3.63) is 75.6 Å². The van der Waals surface area contributed by atoms with Crippen LogP contribution in [-0.4, -0.2) is 49.1 Å². The minimum atomic E-state index is -3.45. The number of rotatable bonds is 7. The van der Waals surface area contributed by atoms with Gasteiger partial charge in [0.05, 0.1) is 24.1 Å². The standard InChI is InChI=1S/C21H22N2O6S/c1-22(30(2,28)29)18-6-4-3-5-15(18)11-14-7-8-19-16(12-14)20(25)17(21(26)27)13-23(19)9-10-24/h3-8,12-13,24H,9-11H2,1-2H3,(H,26,27). The molecule has 0 bridgehead atoms. The average molecular weight is 430 g/mol. The first-order valence-electron chi connectivity index (χ1n) is 9.15. The summed E-state index contributed by atoms with van der Waals surface area (Å²) in [5.74, 6) is -1.33. The molecule has 1 aromatic heterocycles. The molecular weight excluding hydrogens is 408 g/mol. The number of benzene rings is 2. The Hall–Kier alpha value is -3.17. The molecule has 2 aromatic carbocycles. The molecule has 1 heterocycles. The first kappa shape index (κ1) is 21.5. The average Bonchev–Trinajstić information content (AvgIpc) is 2.69. The molecule has 3 aromatic rings. The Kier molecular flexibility index (Phi) is 5.95. The summed E-state index contributed by atoms with van der Waals surface area (Å²) < 4.78 is 26.7. The van der Waals surface area contributed by atoms with E-state index in [9.17, 15) is 28.2 Å². The molecule has 30 heavy (non-hydrogen) atoms. The Morgan fingerprint density at radius 1 is 1.17 bits per heavy atom. The van der Waals surface area contributed by atoms with E-state index in [1.807, 2.05) is 0 Å². The zero-order valence-corrected chi connectivity index (χ0v) is 17.4. The first-order valence-corrected chi connectivity index (χ1v) is 11.0. The number of pyridine rings is 1. The second-order valence-electron chi connectivity index (χ2n) is 6.98. The second kappa shape index (κ2) is 8.29. The van der Waals surface area contributed by atoms with Gasteiger partial charge in [-0.1, -0.05) is 24.3 Å². The van der Waals surface area contributed by atoms with Crippen molar-refractivity contribution in [3.8, 4) is 0 Å². The highest BCUT2D eigenvalue weighted by Crippen LogP contribution is 2.25. The van der Waals surface area contributed by atoms with E-state index in [-0.39, 0.29) is 24.1 Å². The zero-order chi connectivity index (χ0) is 22.1. The molecule has 0 saturated carbocycles. The summed E-state index contributed by atoms with van der Waals surface area (Å²) in [4.78, 5) is 24.2. The number of aliphatic hydroxyl groups is 1. The lowest BCUT2D eigenvalue weighted by Crippen LogP contribution is -2.25. The van der Waals surface area contributed by atoms with Gasteiger partial charge in [0.1, 0.15) is 5.56 Å². The third kappa shape index (κ3) is 4.22. The summed E-state index contributed by atoms with van der Waals surface area (Å²) in [7, 11) is -1.97. The van der Waals surface area contributed by atoms with Gasteiger partial charge in [-0.15, -0.1) is 0 Å². The molecule has 0 radical (unpaired) electrons. The molecule has 0 aliphatic rings. The number of fused-ring (bicyclic) bond motifs is 1. The van der Waals surface area contributed by atoms with E-state index in [0.717, 1.165) is 17.4 Å². The number of aromatic nitrogens is 1. The van der Waals surface area contributed by atoms with Crippen molar-refractivity contribution in [1.82, 2.24) is 4.57 Å². The summed E-state index contributed by atoms with van der Waals surface area (Å²) in [6.07, 6.45) is 2.71. The lowest BCUT2D eigenvalue weighted by atomic mass is 10.0. The maximum Gasteiger partial charge on any atom is 0.341 e. The normalized spacial score (nSPS) is 11.6. The maximum atomic E-state index is 12.7. The van der Waals surface area contributed by atoms with Gasteiger partial charge in [0, 0.05) is 25.2 Å². The summed E-state index contributed by atoms with van der Waals surface area (Å²) in [5.41, 5.74) is 1.55. The van der Waals surface area contributed by atoms with E-state index in [1.54, 1.807) is 42.5 Å². The molecule has 8 nitrogen and oxygen atoms in total. The highest BCUT2D eigenvalue weighted by molar-refractivity contribution is 7.92. The van der Waals surface area contributed by atoms with Crippen molar-refractivity contribution in [2.75, 3.05) is 24.2 Å². The maximum absolute atomic E-state index is 12.7. The van der Waals surface area contributed by atoms with Gasteiger partial charge < -0.3 is 14.8 Å². The number of anilines is 1. The van der Waals surface area contributed by atoms with Crippen LogP contribution in [0.3, 0.4) is 0 Å². The summed E-state index contributed by atoms with van der Waals surface area (Å²) in [6, 6.07) is 12.2. The van der Waals surface area contributed by atoms with Crippen LogP contribution in [0.5, 0.6) is 0 Å². The fraction of sp³-hybridized carbons (Fsp3) is 0.238. The molecule has 0 saturated heterocycles. The van der Waals surface area contributed by atoms with Crippen molar-refractivity contribution in [3.63, 3.8) is 0 Å². The lowest BCUT2D eigenvalue weighted by molar-refractivity contribution is 0.0694. The van der Waals surface area contributed by atoms with Crippen LogP contribution in [0.1, 0.15) is 21.5 Å². The van der Waals surface area contributed by atoms with E-state index >= 15 is 0 Å². The van der Waals surface area contributed by atoms with Gasteiger partial charge in [-0.2, -0.15) is 0 Å². The van der Waals surface area contributed by atoms with Crippen LogP contribution in [0.25, 0.3) is 10.9 Å². The van der Waals surface area contributed by atoms with E-state index < -0.39 is 21.4 Å². The Morgan fingerprint density at radius 2 is 1.87 bits per heavy atom. The first-order chi connectivity index (χ1) is 14.1. The molecule has 2 N–H and O–H groups in total. The van der Waals surface area contributed by atoms with Crippen LogP contribution in [0.2, 0.25) is 0 Å². The molecule has 0 aliphatic heterocycles. The van der Waals surface area contributed by atoms with E-state index in [2.05, 4.69) is 0 Å². The number of sulfonamides is 1. The Morgan fingerprint density at radius 3 is 2.50 bits per heavy atom. The lowest BCUT2D eigenvalue weighted by Gasteiger charge is -2.20. The predicted molar refractivity (Wildman–Crippen MR) is 115 cm³/mol. The number of hydrogen-bond acceptors (Lipinski definition) is 5. The van der Waals surface area contributed by atoms with Gasteiger partial charge in [0.15, 0.2) is 0 Å². The predicted octanol–water partition coefficient (Wildman–Crippen LogP) is 1.68. The number of aromatic carboxylic acids is 1. The van der Waals surface area contributed by atoms with Gasteiger partial charge in [0.2, 0.25) is 15.5 Å². The third-order valence-corrected chi connectivity index (χ3v) is 6.13. The number of carboxylic acids is 1. The van der Waals surface area contributed by atoms with Crippen molar-refractivity contribution in [2.45, 2.75) is 13.0 Å². The van der Waals surface area contributed by atoms with Crippen LogP contribution in [0.15, 0.2) is 53.5 Å². The van der Waals surface area contributed by atoms with Crippen molar-refractivity contribution < 1.29 is 23.4 Å². The van der Waals surface area contributed by atoms with E-state index in [0.29, 0.717) is 17.6 Å². The van der Waals surface area contributed by atoms with Gasteiger partial charge in [-0.05, 0) is 35.7 Å². The number of carboxylic acid groups (broad SMARTS) is 1. The topological polar surface area (TPSA) is 117 Å². The number of carbonyl (C=O) groups is 1. The molecule has 0 unspecified atom stereocenters. The van der Waals surface area contributed by atoms with Crippen molar-refractivity contribution >= 4 is 32.6 Å². The van der Waals surface area contributed by atoms with Crippen LogP contribution in [-0.2, 0) is 23.0 Å². The van der Waals surface area contributed by atoms with Crippen LogP contribution in [0, 0.1) is 0 Å². The molecule has 0 fully saturated rings. The highest BCUT2D eigenvalue weighted by Gasteiger charge is 2.17. The van der Waals surface area contributed by atoms with Crippen LogP contribution >= 0.6 is 0 Å². The third-order valence-electron chi connectivity index (χ3n) is 4.94. The Bertz CT molecular complexity index is 1280. The van der Waals surface area contributed by atoms with Gasteiger partial charge >= 0.3 is 5.97 Å². The number of aliphatic hydroxyl groups excluding tert-OH is 1. The quantitative estimate of drug-likeness (QED) is 0.589. The Balaban J connectivity index is 2.13.